The molecule has 1 aromatic rings. The number of rotatable bonds is 3. The van der Waals surface area contributed by atoms with Gasteiger partial charge in [-0.05, 0) is 12.5 Å². The molecule has 0 spiro atoms. The molecule has 12 heavy (non-hydrogen) atoms. The highest BCUT2D eigenvalue weighted by molar-refractivity contribution is 5.72. The Kier molecular flexibility index (Phi) is 3.33. The van der Waals surface area contributed by atoms with Gasteiger partial charge in [-0.3, -0.25) is 4.79 Å². The molecule has 2 heteroatoms. The van der Waals surface area contributed by atoms with Crippen LogP contribution in [0.3, 0.4) is 0 Å². The molecule has 0 aliphatic heterocycles. The molecule has 0 aromatic heterocycles. The minimum Gasteiger partial charge on any atom is -0.466 e. The number of benzene rings is 1. The summed E-state index contributed by atoms with van der Waals surface area (Å²) in [6.07, 6.45) is 0.370. The molecule has 2 nitrogen and oxygen atoms in total. The fourth-order valence-electron chi connectivity index (χ4n) is 0.975. The molecule has 0 saturated carbocycles. The molecule has 64 valence electrons. The van der Waals surface area contributed by atoms with Crippen LogP contribution in [0.1, 0.15) is 12.5 Å². The first-order chi connectivity index (χ1) is 5.83. The van der Waals surface area contributed by atoms with Crippen molar-refractivity contribution in [2.24, 2.45) is 0 Å². The fourth-order valence-corrected chi connectivity index (χ4v) is 0.975. The Balaban J connectivity index is 2.47. The molecule has 0 aliphatic carbocycles. The molecule has 0 bridgehead atoms. The lowest BCUT2D eigenvalue weighted by Gasteiger charge is -2.00. The van der Waals surface area contributed by atoms with E-state index >= 15 is 0 Å². The average molecular weight is 165 g/mol. The third-order valence-electron chi connectivity index (χ3n) is 1.50. The van der Waals surface area contributed by atoms with Crippen LogP contribution in [0, 0.1) is 0 Å². The monoisotopic (exact) mass is 165 g/mol. The summed E-state index contributed by atoms with van der Waals surface area (Å²) in [6.45, 7) is 2.26. The zero-order chi connectivity index (χ0) is 8.81. The summed E-state index contributed by atoms with van der Waals surface area (Å²) >= 11 is 0. The van der Waals surface area contributed by atoms with E-state index in [1.54, 1.807) is 0 Å². The molecule has 0 N–H and O–H groups in total. The molecule has 0 saturated heterocycles. The van der Waals surface area contributed by atoms with E-state index in [-0.39, 0.29) is 5.97 Å². The van der Waals surface area contributed by atoms with Crippen molar-refractivity contribution in [1.29, 1.82) is 0 Å². The van der Waals surface area contributed by atoms with Gasteiger partial charge in [-0.2, -0.15) is 0 Å². The predicted octanol–water partition coefficient (Wildman–Crippen LogP) is 1.79. The van der Waals surface area contributed by atoms with Crippen LogP contribution in [0.4, 0.5) is 0 Å². The van der Waals surface area contributed by atoms with Crippen molar-refractivity contribution in [3.8, 4) is 0 Å². The van der Waals surface area contributed by atoms with E-state index in [4.69, 9.17) is 4.74 Å². The number of carbonyl (C=O) groups is 1. The number of hydrogen-bond donors (Lipinski definition) is 0. The van der Waals surface area contributed by atoms with Gasteiger partial charge in [0.2, 0.25) is 0 Å². The van der Waals surface area contributed by atoms with E-state index in [2.05, 4.69) is 0 Å². The van der Waals surface area contributed by atoms with Gasteiger partial charge in [0.15, 0.2) is 0 Å². The molecular weight excluding hydrogens is 153 g/mol. The average Bonchev–Trinajstić information content (AvgIpc) is 2.06. The van der Waals surface area contributed by atoms with Gasteiger partial charge in [-0.25, -0.2) is 0 Å². The predicted molar refractivity (Wildman–Crippen MR) is 46.8 cm³/mol. The number of carbonyl (C=O) groups excluding carboxylic acids is 1. The zero-order valence-electron chi connectivity index (χ0n) is 7.12. The van der Waals surface area contributed by atoms with Crippen LogP contribution in [0.25, 0.3) is 0 Å². The van der Waals surface area contributed by atoms with Gasteiger partial charge in [0.25, 0.3) is 0 Å². The van der Waals surface area contributed by atoms with Crippen LogP contribution in [-0.4, -0.2) is 12.6 Å². The minimum atomic E-state index is -0.163. The van der Waals surface area contributed by atoms with Gasteiger partial charge in [0, 0.05) is 0 Å². The fraction of sp³-hybridized carbons (Fsp3) is 0.300. The van der Waals surface area contributed by atoms with Crippen molar-refractivity contribution >= 4 is 5.97 Å². The SMILES string of the molecule is CCO[13C](=O)Cc1ccccc1. The van der Waals surface area contributed by atoms with Crippen molar-refractivity contribution in [1.82, 2.24) is 0 Å². The van der Waals surface area contributed by atoms with Gasteiger partial charge in [-0.15, -0.1) is 0 Å². The van der Waals surface area contributed by atoms with E-state index in [1.165, 1.54) is 0 Å². The topological polar surface area (TPSA) is 26.3 Å². The van der Waals surface area contributed by atoms with E-state index in [0.29, 0.717) is 13.0 Å². The van der Waals surface area contributed by atoms with Crippen molar-refractivity contribution < 1.29 is 9.53 Å². The maximum Gasteiger partial charge on any atom is 0.310 e. The Labute approximate surface area is 72.2 Å². The van der Waals surface area contributed by atoms with Crippen LogP contribution in [-0.2, 0) is 16.0 Å². The van der Waals surface area contributed by atoms with Crippen LogP contribution in [0.2, 0.25) is 0 Å². The lowest BCUT2D eigenvalue weighted by Crippen LogP contribution is -2.06. The Morgan fingerprint density at radius 3 is 2.58 bits per heavy atom. The van der Waals surface area contributed by atoms with Gasteiger partial charge in [0.1, 0.15) is 0 Å². The highest BCUT2D eigenvalue weighted by Gasteiger charge is 2.01. The van der Waals surface area contributed by atoms with Crippen molar-refractivity contribution in [3.63, 3.8) is 0 Å². The summed E-state index contributed by atoms with van der Waals surface area (Å²) in [5.41, 5.74) is 0.996. The zero-order valence-corrected chi connectivity index (χ0v) is 7.12. The molecule has 0 heterocycles. The molecular formula is C10H12O2. The highest BCUT2D eigenvalue weighted by Crippen LogP contribution is 2.00. The third-order valence-corrected chi connectivity index (χ3v) is 1.50. The highest BCUT2D eigenvalue weighted by atomic mass is 16.6. The first-order valence-corrected chi connectivity index (χ1v) is 4.02. The van der Waals surface area contributed by atoms with Crippen LogP contribution < -0.4 is 0 Å². The Morgan fingerprint density at radius 2 is 2.00 bits per heavy atom. The second-order valence-corrected chi connectivity index (χ2v) is 2.47. The van der Waals surface area contributed by atoms with Gasteiger partial charge >= 0.3 is 5.97 Å². The minimum absolute atomic E-state index is 0.163. The van der Waals surface area contributed by atoms with E-state index in [9.17, 15) is 4.79 Å². The second kappa shape index (κ2) is 4.54. The summed E-state index contributed by atoms with van der Waals surface area (Å²) in [7, 11) is 0. The molecule has 0 radical (unpaired) electrons. The summed E-state index contributed by atoms with van der Waals surface area (Å²) in [5, 5.41) is 0. The van der Waals surface area contributed by atoms with Crippen LogP contribution in [0.15, 0.2) is 30.3 Å². The van der Waals surface area contributed by atoms with Crippen molar-refractivity contribution in [2.45, 2.75) is 13.3 Å². The Bertz CT molecular complexity index is 241. The second-order valence-electron chi connectivity index (χ2n) is 2.47. The molecule has 0 amide bonds. The van der Waals surface area contributed by atoms with Gasteiger partial charge < -0.3 is 4.74 Å². The van der Waals surface area contributed by atoms with E-state index in [0.717, 1.165) is 5.56 Å². The Hall–Kier alpha value is -1.31. The lowest BCUT2D eigenvalue weighted by molar-refractivity contribution is -0.142. The standard InChI is InChI=1S/C10H12O2/c1-2-12-10(11)8-9-6-4-3-5-7-9/h3-7H,2,8H2,1H3/i10+1. The maximum absolute atomic E-state index is 11.0. The summed E-state index contributed by atoms with van der Waals surface area (Å²) in [5.74, 6) is -0.163. The number of hydrogen-bond acceptors (Lipinski definition) is 2. The van der Waals surface area contributed by atoms with Crippen LogP contribution >= 0.6 is 0 Å². The van der Waals surface area contributed by atoms with Crippen molar-refractivity contribution in [2.75, 3.05) is 6.61 Å². The molecule has 0 unspecified atom stereocenters. The summed E-state index contributed by atoms with van der Waals surface area (Å²) in [4.78, 5) is 11.0. The van der Waals surface area contributed by atoms with Crippen LogP contribution in [0.5, 0.6) is 0 Å². The normalized spacial score (nSPS) is 9.42. The number of ether oxygens (including phenoxy) is 1. The third kappa shape index (κ3) is 2.74. The summed E-state index contributed by atoms with van der Waals surface area (Å²) < 4.78 is 4.81. The maximum atomic E-state index is 11.0. The molecule has 1 aromatic carbocycles. The first-order valence-electron chi connectivity index (χ1n) is 4.02. The number of esters is 1. The lowest BCUT2D eigenvalue weighted by atomic mass is 10.2. The van der Waals surface area contributed by atoms with E-state index < -0.39 is 0 Å². The van der Waals surface area contributed by atoms with Gasteiger partial charge in [-0.1, -0.05) is 30.3 Å². The molecule has 0 aliphatic rings. The van der Waals surface area contributed by atoms with E-state index in [1.807, 2.05) is 37.3 Å². The first kappa shape index (κ1) is 8.78. The molecule has 1 rings (SSSR count). The smallest absolute Gasteiger partial charge is 0.310 e. The molecule has 0 atom stereocenters. The molecule has 0 fully saturated rings. The Morgan fingerprint density at radius 1 is 1.33 bits per heavy atom. The largest absolute Gasteiger partial charge is 0.466 e. The van der Waals surface area contributed by atoms with Gasteiger partial charge in [0.05, 0.1) is 13.0 Å². The van der Waals surface area contributed by atoms with Crippen molar-refractivity contribution in [3.05, 3.63) is 35.9 Å². The quantitative estimate of drug-likeness (QED) is 0.504. The summed E-state index contributed by atoms with van der Waals surface area (Å²) in [6, 6.07) is 9.58.